The molecule has 2 aliphatic rings. The van der Waals surface area contributed by atoms with Gasteiger partial charge in [0.05, 0.1) is 53.5 Å². The van der Waals surface area contributed by atoms with Crippen molar-refractivity contribution in [2.24, 2.45) is 17.8 Å². The van der Waals surface area contributed by atoms with Gasteiger partial charge in [0, 0.05) is 70.9 Å². The number of nitrogens with one attached hydrogen (secondary N) is 4. The summed E-state index contributed by atoms with van der Waals surface area (Å²) in [6.07, 6.45) is -1.75. The fourth-order valence-corrected chi connectivity index (χ4v) is 15.4. The van der Waals surface area contributed by atoms with Crippen molar-refractivity contribution in [1.29, 1.82) is 0 Å². The first-order chi connectivity index (χ1) is 41.8. The van der Waals surface area contributed by atoms with E-state index in [4.69, 9.17) is 39.6 Å². The van der Waals surface area contributed by atoms with Crippen LogP contribution in [0.15, 0.2) is 64.0 Å². The number of carboxylic acid groups (broad SMARTS) is 2. The lowest BCUT2D eigenvalue weighted by molar-refractivity contribution is -0.148. The number of carbonyl (C=O) groups excluding carboxylic acids is 6. The lowest BCUT2D eigenvalue weighted by atomic mass is 9.74. The molecule has 7 aromatic heterocycles. The average Bonchev–Trinajstić information content (AvgIpc) is 3.14. The number of benzene rings is 1. The molecule has 1 unspecified atom stereocenters. The Balaban J connectivity index is 1.05. The Morgan fingerprint density at radius 1 is 0.736 bits per heavy atom. The van der Waals surface area contributed by atoms with E-state index in [1.165, 1.54) is 41.7 Å². The topological polar surface area (TPSA) is 348 Å². The number of Topliss-reactive ketones (excluding diaryl/α,β-unsaturated/α-hetero) is 1. The molecular formula is C57H56N12O12S6. The van der Waals surface area contributed by atoms with Crippen LogP contribution in [0.1, 0.15) is 132 Å². The summed E-state index contributed by atoms with van der Waals surface area (Å²) < 4.78 is 5.47. The quantitative estimate of drug-likeness (QED) is 0.0540. The number of aliphatic hydroxyl groups excluding tert-OH is 1. The van der Waals surface area contributed by atoms with Crippen molar-refractivity contribution in [1.82, 2.24) is 56.2 Å². The number of fused-ring (bicyclic) bond motifs is 14. The number of hydrogen-bond donors (Lipinski definition) is 7. The summed E-state index contributed by atoms with van der Waals surface area (Å²) in [5.41, 5.74) is 2.45. The number of anilines is 1. The average molecular weight is 1290 g/mol. The second-order valence-electron chi connectivity index (χ2n) is 20.8. The Kier molecular flexibility index (Phi) is 19.2. The van der Waals surface area contributed by atoms with E-state index in [1.807, 2.05) is 13.8 Å². The number of ketones is 1. The molecule has 0 saturated heterocycles. The van der Waals surface area contributed by atoms with Crippen molar-refractivity contribution < 1.29 is 58.4 Å². The number of hydrogen-bond acceptors (Lipinski definition) is 23. The molecule has 4 atom stereocenters. The van der Waals surface area contributed by atoms with Crippen LogP contribution < -0.4 is 26.2 Å². The molecule has 7 N–H and O–H groups in total. The lowest BCUT2D eigenvalue weighted by Crippen LogP contribution is -2.44. The molecule has 452 valence electrons. The van der Waals surface area contributed by atoms with Gasteiger partial charge in [0.15, 0.2) is 5.78 Å². The van der Waals surface area contributed by atoms with Crippen LogP contribution >= 0.6 is 68.0 Å². The minimum atomic E-state index is -1.30. The summed E-state index contributed by atoms with van der Waals surface area (Å²) in [4.78, 5) is 143. The van der Waals surface area contributed by atoms with E-state index >= 15 is 0 Å². The van der Waals surface area contributed by atoms with E-state index < -0.39 is 84.0 Å². The van der Waals surface area contributed by atoms with Crippen LogP contribution in [0, 0.1) is 24.7 Å². The van der Waals surface area contributed by atoms with Crippen molar-refractivity contribution in [2.45, 2.75) is 83.6 Å². The molecular weight excluding hydrogens is 1240 g/mol. The molecule has 87 heavy (non-hydrogen) atoms. The smallest absolute Gasteiger partial charge is 0.306 e. The van der Waals surface area contributed by atoms with Crippen LogP contribution in [0.3, 0.4) is 0 Å². The first-order valence-corrected chi connectivity index (χ1v) is 32.3. The van der Waals surface area contributed by atoms with Crippen LogP contribution in [-0.2, 0) is 35.3 Å². The second-order valence-corrected chi connectivity index (χ2v) is 26.6. The van der Waals surface area contributed by atoms with Crippen molar-refractivity contribution in [3.63, 3.8) is 0 Å². The zero-order valence-electron chi connectivity index (χ0n) is 47.1. The van der Waals surface area contributed by atoms with E-state index in [1.54, 1.807) is 70.9 Å². The van der Waals surface area contributed by atoms with Gasteiger partial charge in [-0.15, -0.1) is 68.0 Å². The summed E-state index contributed by atoms with van der Waals surface area (Å²) in [6, 6.07) is 10.0. The van der Waals surface area contributed by atoms with Gasteiger partial charge in [-0.05, 0) is 43.4 Å². The maximum atomic E-state index is 14.4. The molecule has 10 rings (SSSR count). The van der Waals surface area contributed by atoms with Crippen LogP contribution in [0.5, 0.6) is 0 Å². The number of aliphatic hydroxyl groups is 1. The Bertz CT molecular complexity index is 3920. The summed E-state index contributed by atoms with van der Waals surface area (Å²) in [7, 11) is 2.94. The number of aliphatic carboxylic acids is 2. The SMILES string of the molecule is CNC(=O)C[C@@H]1NC(=O)c2csc(n2)-c2ccc(-c3nc(N(CCC(=O)O)C(=O)C4CC(C(=O)O)C4)cs3)nc2-c2csc(n2)-c2csc(n2)[C@H]([C@@H](O)c2ccccc2)NC(=O)CNC(=O)c2nc(sc2COC)C(C(C)C)CC(=O)c2nc1sc2C. The molecule has 1 aliphatic carbocycles. The maximum absolute atomic E-state index is 14.4. The number of methoxy groups -OCH3 is 1. The summed E-state index contributed by atoms with van der Waals surface area (Å²) in [5.74, 6) is -7.06. The predicted molar refractivity (Wildman–Crippen MR) is 327 cm³/mol. The molecule has 8 heterocycles. The summed E-state index contributed by atoms with van der Waals surface area (Å²) in [6.45, 7) is 4.88. The Labute approximate surface area is 520 Å². The van der Waals surface area contributed by atoms with Crippen LogP contribution in [0.2, 0.25) is 0 Å². The van der Waals surface area contributed by atoms with Crippen molar-refractivity contribution in [2.75, 3.05) is 32.1 Å². The molecule has 1 fully saturated rings. The van der Waals surface area contributed by atoms with Crippen molar-refractivity contribution in [3.8, 4) is 43.4 Å². The number of ether oxygens (including phenoxy) is 1. The molecule has 1 saturated carbocycles. The zero-order valence-corrected chi connectivity index (χ0v) is 52.0. The number of rotatable bonds is 14. The molecule has 1 aliphatic heterocycles. The molecule has 24 nitrogen and oxygen atoms in total. The van der Waals surface area contributed by atoms with E-state index in [0.717, 1.165) is 45.3 Å². The summed E-state index contributed by atoms with van der Waals surface area (Å²) >= 11 is 7.05. The van der Waals surface area contributed by atoms with Gasteiger partial charge in [-0.3, -0.25) is 43.3 Å². The standard InChI is InChI=1S/C57H56N12O12S6/c1-25(2)31-17-37(70)43-26(3)86-54(67-43)33(18-40(71)58-4)61-48(76)35-22-82-50(63-35)30-11-12-32(52-65-39(24-85-52)69(14-13-42(73)74)56(78)28-15-29(16-28)57(79)80)60-44(30)34-21-83-53(62-34)36-23-84-55(64-36)46(47(75)27-9-7-6-8-10-27)66-41(72)19-59-49(77)45-38(20-81-5)87-51(31)68-45/h6-12,21-25,28-29,31,33,46-47,75H,13-20H2,1-5H3,(H,58,71)(H,59,77)(H,61,76)(H,66,72)(H,73,74)(H,79,80)/t28?,29?,31?,33-,46-,47-/m0/s1. The van der Waals surface area contributed by atoms with Gasteiger partial charge in [0.25, 0.3) is 11.8 Å². The largest absolute Gasteiger partial charge is 0.481 e. The molecule has 0 spiro atoms. The Hall–Kier alpha value is -7.97. The van der Waals surface area contributed by atoms with E-state index in [9.17, 15) is 53.7 Å². The van der Waals surface area contributed by atoms with Gasteiger partial charge >= 0.3 is 11.9 Å². The van der Waals surface area contributed by atoms with E-state index in [-0.39, 0.29) is 79.9 Å². The molecule has 8 aromatic rings. The van der Waals surface area contributed by atoms with Crippen LogP contribution in [-0.4, -0.2) is 125 Å². The Morgan fingerprint density at radius 3 is 2.16 bits per heavy atom. The van der Waals surface area contributed by atoms with E-state index in [0.29, 0.717) is 73.7 Å². The molecule has 0 radical (unpaired) electrons. The third-order valence-electron chi connectivity index (χ3n) is 14.5. The highest BCUT2D eigenvalue weighted by Gasteiger charge is 2.42. The van der Waals surface area contributed by atoms with Gasteiger partial charge < -0.3 is 41.3 Å². The van der Waals surface area contributed by atoms with Gasteiger partial charge in [0.2, 0.25) is 17.7 Å². The number of aromatic nitrogens is 7. The van der Waals surface area contributed by atoms with Gasteiger partial charge in [-0.25, -0.2) is 34.9 Å². The third-order valence-corrected chi connectivity index (χ3v) is 20.3. The molecule has 5 amide bonds. The Morgan fingerprint density at radius 2 is 1.44 bits per heavy atom. The minimum absolute atomic E-state index is 0.00489. The number of aryl methyl sites for hydroxylation is 1. The highest BCUT2D eigenvalue weighted by atomic mass is 32.1. The molecule has 1 aromatic carbocycles. The number of pyridine rings is 1. The monoisotopic (exact) mass is 1290 g/mol. The van der Waals surface area contributed by atoms with Gasteiger partial charge in [-0.2, -0.15) is 0 Å². The van der Waals surface area contributed by atoms with Crippen molar-refractivity contribution in [3.05, 3.63) is 111 Å². The molecule has 30 heteroatoms. The van der Waals surface area contributed by atoms with E-state index in [2.05, 4.69) is 21.3 Å². The first kappa shape index (κ1) is 62.1. The number of carbonyl (C=O) groups is 8. The normalized spacial score (nSPS) is 18.6. The minimum Gasteiger partial charge on any atom is -0.481 e. The fraction of sp³-hybridized carbons (Fsp3) is 0.351. The number of thiazole rings is 6. The number of nitrogens with zero attached hydrogens (tertiary/aromatic N) is 8. The van der Waals surface area contributed by atoms with Gasteiger partial charge in [0.1, 0.15) is 77.2 Å². The predicted octanol–water partition coefficient (Wildman–Crippen LogP) is 8.12. The second kappa shape index (κ2) is 27.0. The lowest BCUT2D eigenvalue weighted by Gasteiger charge is -2.34. The third kappa shape index (κ3) is 13.9. The number of amides is 5. The summed E-state index contributed by atoms with van der Waals surface area (Å²) in [5, 5.41) is 51.0. The highest BCUT2D eigenvalue weighted by Crippen LogP contribution is 2.42. The van der Waals surface area contributed by atoms with Crippen LogP contribution in [0.25, 0.3) is 43.4 Å². The number of carboxylic acids is 2. The highest BCUT2D eigenvalue weighted by molar-refractivity contribution is 7.15. The van der Waals surface area contributed by atoms with Gasteiger partial charge in [-0.1, -0.05) is 44.2 Å². The maximum Gasteiger partial charge on any atom is 0.306 e. The fourth-order valence-electron chi connectivity index (χ4n) is 9.74. The first-order valence-electron chi connectivity index (χ1n) is 27.2. The molecule has 10 bridgehead atoms. The van der Waals surface area contributed by atoms with Crippen molar-refractivity contribution >= 4 is 121 Å². The zero-order chi connectivity index (χ0) is 61.8. The van der Waals surface area contributed by atoms with Crippen LogP contribution in [0.4, 0.5) is 5.82 Å².